The molecule has 0 bridgehead atoms. The van der Waals surface area contributed by atoms with Crippen LogP contribution in [-0.2, 0) is 5.88 Å². The summed E-state index contributed by atoms with van der Waals surface area (Å²) in [5.41, 5.74) is 1.29. The van der Waals surface area contributed by atoms with Crippen molar-refractivity contribution in [1.29, 1.82) is 0 Å². The minimum atomic E-state index is -0.489. The molecule has 0 radical (unpaired) electrons. The summed E-state index contributed by atoms with van der Waals surface area (Å²) in [6.07, 6.45) is 0. The van der Waals surface area contributed by atoms with Crippen LogP contribution < -0.4 is 4.74 Å². The third-order valence-electron chi connectivity index (χ3n) is 2.51. The van der Waals surface area contributed by atoms with E-state index in [9.17, 15) is 8.78 Å². The normalized spacial score (nSPS) is 10.4. The second-order valence-electron chi connectivity index (χ2n) is 3.91. The summed E-state index contributed by atoms with van der Waals surface area (Å²) in [7, 11) is 0. The molecular formula is C14H11ClF2O. The van der Waals surface area contributed by atoms with Crippen LogP contribution in [0.15, 0.2) is 36.4 Å². The number of halogens is 3. The second-order valence-corrected chi connectivity index (χ2v) is 4.18. The Hall–Kier alpha value is -1.61. The van der Waals surface area contributed by atoms with Crippen molar-refractivity contribution in [3.05, 3.63) is 59.2 Å². The fourth-order valence-electron chi connectivity index (χ4n) is 1.56. The molecule has 0 unspecified atom stereocenters. The average Bonchev–Trinajstić information content (AvgIpc) is 2.34. The number of ether oxygens (including phenoxy) is 1. The van der Waals surface area contributed by atoms with E-state index in [-0.39, 0.29) is 17.4 Å². The van der Waals surface area contributed by atoms with E-state index in [1.807, 2.05) is 0 Å². The maximum Gasteiger partial charge on any atom is 0.166 e. The Morgan fingerprint density at radius 1 is 1.06 bits per heavy atom. The smallest absolute Gasteiger partial charge is 0.166 e. The monoisotopic (exact) mass is 268 g/mol. The first kappa shape index (κ1) is 12.8. The molecule has 2 aromatic rings. The van der Waals surface area contributed by atoms with Gasteiger partial charge in [0.25, 0.3) is 0 Å². The van der Waals surface area contributed by atoms with Crippen molar-refractivity contribution in [2.24, 2.45) is 0 Å². The van der Waals surface area contributed by atoms with Gasteiger partial charge in [0.1, 0.15) is 11.6 Å². The van der Waals surface area contributed by atoms with Crippen molar-refractivity contribution in [2.75, 3.05) is 0 Å². The average molecular weight is 269 g/mol. The number of hydrogen-bond donors (Lipinski definition) is 0. The van der Waals surface area contributed by atoms with E-state index in [1.165, 1.54) is 30.3 Å². The van der Waals surface area contributed by atoms with E-state index >= 15 is 0 Å². The molecule has 2 rings (SSSR count). The Morgan fingerprint density at radius 3 is 2.39 bits per heavy atom. The zero-order valence-electron chi connectivity index (χ0n) is 9.71. The molecule has 0 aliphatic rings. The highest BCUT2D eigenvalue weighted by atomic mass is 35.5. The molecule has 0 N–H and O–H groups in total. The van der Waals surface area contributed by atoms with Crippen molar-refractivity contribution in [1.82, 2.24) is 0 Å². The van der Waals surface area contributed by atoms with Gasteiger partial charge in [-0.3, -0.25) is 0 Å². The van der Waals surface area contributed by atoms with Gasteiger partial charge in [-0.1, -0.05) is 6.07 Å². The minimum Gasteiger partial charge on any atom is -0.454 e. The molecule has 0 spiro atoms. The maximum absolute atomic E-state index is 13.7. The molecule has 2 aromatic carbocycles. The van der Waals surface area contributed by atoms with E-state index < -0.39 is 5.82 Å². The molecule has 1 nitrogen and oxygen atoms in total. The number of hydrogen-bond acceptors (Lipinski definition) is 1. The molecule has 0 aliphatic carbocycles. The van der Waals surface area contributed by atoms with Crippen LogP contribution in [0.25, 0.3) is 0 Å². The SMILES string of the molecule is Cc1cc(F)ccc1Oc1ccc(CCl)cc1F. The van der Waals surface area contributed by atoms with Gasteiger partial charge >= 0.3 is 0 Å². The van der Waals surface area contributed by atoms with E-state index in [1.54, 1.807) is 13.0 Å². The molecular weight excluding hydrogens is 258 g/mol. The van der Waals surface area contributed by atoms with Gasteiger partial charge < -0.3 is 4.74 Å². The lowest BCUT2D eigenvalue weighted by Gasteiger charge is -2.10. The molecule has 0 saturated heterocycles. The molecule has 4 heteroatoms. The molecule has 0 aromatic heterocycles. The Morgan fingerprint density at radius 2 is 1.78 bits per heavy atom. The van der Waals surface area contributed by atoms with Gasteiger partial charge in [0, 0.05) is 5.88 Å². The summed E-state index contributed by atoms with van der Waals surface area (Å²) in [6, 6.07) is 8.59. The van der Waals surface area contributed by atoms with Crippen LogP contribution in [0.5, 0.6) is 11.5 Å². The third kappa shape index (κ3) is 2.79. The second kappa shape index (κ2) is 5.36. The quantitative estimate of drug-likeness (QED) is 0.726. The molecule has 0 heterocycles. The van der Waals surface area contributed by atoms with Crippen LogP contribution in [-0.4, -0.2) is 0 Å². The van der Waals surface area contributed by atoms with Crippen LogP contribution in [0, 0.1) is 18.6 Å². The van der Waals surface area contributed by atoms with Gasteiger partial charge in [-0.05, 0) is 48.4 Å². The van der Waals surface area contributed by atoms with Crippen LogP contribution in [0.4, 0.5) is 8.78 Å². The Bertz CT molecular complexity index is 570. The number of alkyl halides is 1. The van der Waals surface area contributed by atoms with Crippen LogP contribution in [0.2, 0.25) is 0 Å². The Kier molecular flexibility index (Phi) is 3.82. The summed E-state index contributed by atoms with van der Waals surface area (Å²) in [4.78, 5) is 0. The van der Waals surface area contributed by atoms with E-state index in [2.05, 4.69) is 0 Å². The van der Waals surface area contributed by atoms with Gasteiger partial charge in [0.2, 0.25) is 0 Å². The highest BCUT2D eigenvalue weighted by molar-refractivity contribution is 6.17. The summed E-state index contributed by atoms with van der Waals surface area (Å²) in [5, 5.41) is 0. The predicted octanol–water partition coefficient (Wildman–Crippen LogP) is 4.80. The first-order chi connectivity index (χ1) is 8.60. The zero-order chi connectivity index (χ0) is 13.1. The summed E-state index contributed by atoms with van der Waals surface area (Å²) >= 11 is 5.60. The Labute approximate surface area is 109 Å². The summed E-state index contributed by atoms with van der Waals surface area (Å²) in [5.74, 6) is -0.0746. The zero-order valence-corrected chi connectivity index (χ0v) is 10.5. The molecule has 94 valence electrons. The van der Waals surface area contributed by atoms with E-state index in [0.29, 0.717) is 16.9 Å². The highest BCUT2D eigenvalue weighted by Gasteiger charge is 2.08. The van der Waals surface area contributed by atoms with Crippen molar-refractivity contribution in [3.8, 4) is 11.5 Å². The van der Waals surface area contributed by atoms with Gasteiger partial charge in [0.05, 0.1) is 0 Å². The van der Waals surface area contributed by atoms with Gasteiger partial charge in [-0.25, -0.2) is 8.78 Å². The Balaban J connectivity index is 2.28. The fraction of sp³-hybridized carbons (Fsp3) is 0.143. The van der Waals surface area contributed by atoms with E-state index in [0.717, 1.165) is 0 Å². The predicted molar refractivity (Wildman–Crippen MR) is 67.2 cm³/mol. The summed E-state index contributed by atoms with van der Waals surface area (Å²) in [6.45, 7) is 1.70. The standard InChI is InChI=1S/C14H11ClF2O/c1-9-6-11(16)3-5-13(9)18-14-4-2-10(8-15)7-12(14)17/h2-7H,8H2,1H3. The van der Waals surface area contributed by atoms with Gasteiger partial charge in [-0.15, -0.1) is 11.6 Å². The summed E-state index contributed by atoms with van der Waals surface area (Å²) < 4.78 is 32.0. The number of aryl methyl sites for hydroxylation is 1. The molecule has 0 atom stereocenters. The topological polar surface area (TPSA) is 9.23 Å². The minimum absolute atomic E-state index is 0.0959. The first-order valence-electron chi connectivity index (χ1n) is 5.38. The molecule has 0 fully saturated rings. The van der Waals surface area contributed by atoms with Crippen molar-refractivity contribution in [3.63, 3.8) is 0 Å². The van der Waals surface area contributed by atoms with Crippen LogP contribution in [0.1, 0.15) is 11.1 Å². The number of benzene rings is 2. The lowest BCUT2D eigenvalue weighted by atomic mass is 10.2. The molecule has 0 amide bonds. The largest absolute Gasteiger partial charge is 0.454 e. The molecule has 0 saturated carbocycles. The van der Waals surface area contributed by atoms with Crippen molar-refractivity contribution < 1.29 is 13.5 Å². The van der Waals surface area contributed by atoms with Crippen molar-refractivity contribution in [2.45, 2.75) is 12.8 Å². The van der Waals surface area contributed by atoms with Gasteiger partial charge in [0.15, 0.2) is 11.6 Å². The van der Waals surface area contributed by atoms with Crippen LogP contribution >= 0.6 is 11.6 Å². The highest BCUT2D eigenvalue weighted by Crippen LogP contribution is 2.28. The fourth-order valence-corrected chi connectivity index (χ4v) is 1.72. The lowest BCUT2D eigenvalue weighted by molar-refractivity contribution is 0.438. The maximum atomic E-state index is 13.7. The van der Waals surface area contributed by atoms with Crippen molar-refractivity contribution >= 4 is 11.6 Å². The lowest BCUT2D eigenvalue weighted by Crippen LogP contribution is -1.92. The first-order valence-corrected chi connectivity index (χ1v) is 5.92. The van der Waals surface area contributed by atoms with Gasteiger partial charge in [-0.2, -0.15) is 0 Å². The molecule has 0 aliphatic heterocycles. The molecule has 18 heavy (non-hydrogen) atoms. The third-order valence-corrected chi connectivity index (χ3v) is 2.82. The van der Waals surface area contributed by atoms with Crippen LogP contribution in [0.3, 0.4) is 0 Å². The number of rotatable bonds is 3. The van der Waals surface area contributed by atoms with E-state index in [4.69, 9.17) is 16.3 Å².